The minimum atomic E-state index is -4.60. The van der Waals surface area contributed by atoms with Gasteiger partial charge >= 0.3 is 20.2 Å². The first-order valence-electron chi connectivity index (χ1n) is 23.4. The lowest BCUT2D eigenvalue weighted by atomic mass is 9.54. The van der Waals surface area contributed by atoms with E-state index in [1.165, 1.54) is 114 Å². The molecule has 2 saturated heterocycles. The van der Waals surface area contributed by atoms with Crippen LogP contribution >= 0.6 is 0 Å². The van der Waals surface area contributed by atoms with Crippen LogP contribution in [-0.4, -0.2) is 50.6 Å². The summed E-state index contributed by atoms with van der Waals surface area (Å²) in [5.41, 5.74) is 1.93. The number of hydroxylamine groups is 4. The molecule has 2 aromatic carbocycles. The number of imide groups is 2. The molecule has 12 nitrogen and oxygen atoms in total. The van der Waals surface area contributed by atoms with Gasteiger partial charge in [-0.3, -0.25) is 19.2 Å². The number of aryl methyl sites for hydroxylation is 2. The van der Waals surface area contributed by atoms with Gasteiger partial charge in [-0.05, 0) is 61.1 Å². The standard InChI is InChI=1S/C48H66N2O10S2/c1-3-5-7-9-11-13-15-17-19-21-23-35-25-29-37(30-26-35)61(55,56)59-49-45(51)41-39-33-34-40(42(41)46(49)52)44-43(39)47(53)50(48(44)54)60-62(57,58)38-31-27-36(28-32-38)24-22-20-18-16-14-12-10-8-6-4-2/h25-34,39-44H,3-24H2,1-2H3. The molecular weight excluding hydrogens is 829 g/mol. The zero-order valence-corrected chi connectivity index (χ0v) is 38.2. The van der Waals surface area contributed by atoms with E-state index in [9.17, 15) is 36.0 Å². The molecule has 4 atom stereocenters. The van der Waals surface area contributed by atoms with Crippen molar-refractivity contribution in [2.75, 3.05) is 0 Å². The average Bonchev–Trinajstić information content (AvgIpc) is 3.67. The van der Waals surface area contributed by atoms with Gasteiger partial charge in [-0.1, -0.05) is 166 Å². The Hall–Kier alpha value is -3.72. The van der Waals surface area contributed by atoms with E-state index in [0.29, 0.717) is 0 Å². The molecular formula is C48H66N2O10S2. The first-order valence-corrected chi connectivity index (χ1v) is 26.2. The van der Waals surface area contributed by atoms with Crippen LogP contribution in [0.2, 0.25) is 0 Å². The van der Waals surface area contributed by atoms with Crippen LogP contribution < -0.4 is 0 Å². The SMILES string of the molecule is CCCCCCCCCCCCc1ccc(S(=O)(=O)ON2C(=O)C3C4C=CC(C3C2=O)C2C(=O)N(OS(=O)(=O)c3ccc(CCCCCCCCCCCC)cc3)C(=O)C42)cc1. The number of rotatable bonds is 28. The summed E-state index contributed by atoms with van der Waals surface area (Å²) in [5.74, 6) is -10.5. The number of carbonyl (C=O) groups excluding carboxylic acids is 4. The van der Waals surface area contributed by atoms with Gasteiger partial charge < -0.3 is 0 Å². The third kappa shape index (κ3) is 11.3. The zero-order chi connectivity index (χ0) is 44.3. The van der Waals surface area contributed by atoms with Crippen LogP contribution in [0.5, 0.6) is 0 Å². The van der Waals surface area contributed by atoms with Crippen molar-refractivity contribution >= 4 is 43.9 Å². The van der Waals surface area contributed by atoms with E-state index in [4.69, 9.17) is 8.57 Å². The van der Waals surface area contributed by atoms with Crippen molar-refractivity contribution in [3.05, 3.63) is 71.8 Å². The van der Waals surface area contributed by atoms with Crippen LogP contribution in [0.3, 0.4) is 0 Å². The quantitative estimate of drug-likeness (QED) is 0.0457. The molecule has 7 rings (SSSR count). The van der Waals surface area contributed by atoms with Gasteiger partial charge in [0.25, 0.3) is 23.6 Å². The molecule has 4 amide bonds. The smallest absolute Gasteiger partial charge is 0.272 e. The second-order valence-electron chi connectivity index (χ2n) is 17.8. The Bertz CT molecular complexity index is 1910. The lowest BCUT2D eigenvalue weighted by Gasteiger charge is -2.44. The van der Waals surface area contributed by atoms with Crippen molar-refractivity contribution < 1.29 is 44.6 Å². The largest absolute Gasteiger partial charge is 0.318 e. The predicted octanol–water partition coefficient (Wildman–Crippen LogP) is 9.57. The summed E-state index contributed by atoms with van der Waals surface area (Å²) < 4.78 is 63.9. The highest BCUT2D eigenvalue weighted by atomic mass is 32.2. The maximum atomic E-state index is 13.8. The van der Waals surface area contributed by atoms with E-state index in [1.807, 2.05) is 0 Å². The monoisotopic (exact) mass is 894 g/mol. The molecule has 0 N–H and O–H groups in total. The second-order valence-corrected chi connectivity index (χ2v) is 20.9. The van der Waals surface area contributed by atoms with E-state index >= 15 is 0 Å². The topological polar surface area (TPSA) is 161 Å². The van der Waals surface area contributed by atoms with Crippen LogP contribution in [0.15, 0.2) is 70.5 Å². The van der Waals surface area contributed by atoms with Gasteiger partial charge in [0.2, 0.25) is 0 Å². The Labute approximate surface area is 369 Å². The summed E-state index contributed by atoms with van der Waals surface area (Å²) in [4.78, 5) is 54.7. The van der Waals surface area contributed by atoms with Crippen molar-refractivity contribution in [1.29, 1.82) is 0 Å². The summed E-state index contributed by atoms with van der Waals surface area (Å²) in [6.45, 7) is 4.44. The molecule has 340 valence electrons. The number of benzene rings is 2. The van der Waals surface area contributed by atoms with E-state index in [-0.39, 0.29) is 19.9 Å². The van der Waals surface area contributed by atoms with E-state index in [0.717, 1.165) is 62.5 Å². The molecule has 3 aliphatic carbocycles. The lowest BCUT2D eigenvalue weighted by molar-refractivity contribution is -0.166. The Balaban J connectivity index is 0.991. The number of hydrogen-bond acceptors (Lipinski definition) is 10. The molecule has 4 unspecified atom stereocenters. The van der Waals surface area contributed by atoms with E-state index in [2.05, 4.69) is 13.8 Å². The first kappa shape index (κ1) is 47.8. The van der Waals surface area contributed by atoms with Gasteiger partial charge in [0.05, 0.1) is 33.5 Å². The number of unbranched alkanes of at least 4 members (excludes halogenated alkanes) is 18. The Kier molecular flexibility index (Phi) is 17.1. The normalized spacial score (nSPS) is 23.2. The zero-order valence-electron chi connectivity index (χ0n) is 36.6. The molecule has 62 heavy (non-hydrogen) atoms. The Morgan fingerprint density at radius 1 is 0.403 bits per heavy atom. The van der Waals surface area contributed by atoms with Crippen molar-refractivity contribution in [2.45, 2.75) is 165 Å². The summed E-state index contributed by atoms with van der Waals surface area (Å²) in [7, 11) is -9.21. The van der Waals surface area contributed by atoms with Gasteiger partial charge in [-0.15, -0.1) is 18.7 Å². The predicted molar refractivity (Wildman–Crippen MR) is 234 cm³/mol. The number of carbonyl (C=O) groups is 4. The van der Waals surface area contributed by atoms with Gasteiger partial charge in [-0.2, -0.15) is 16.8 Å². The summed E-state index contributed by atoms with van der Waals surface area (Å²) in [5, 5.41) is 0.508. The van der Waals surface area contributed by atoms with E-state index in [1.54, 1.807) is 36.4 Å². The highest BCUT2D eigenvalue weighted by molar-refractivity contribution is 7.87. The van der Waals surface area contributed by atoms with Crippen molar-refractivity contribution in [1.82, 2.24) is 10.1 Å². The molecule has 2 aliphatic heterocycles. The average molecular weight is 895 g/mol. The molecule has 0 spiro atoms. The highest BCUT2D eigenvalue weighted by Crippen LogP contribution is 2.58. The van der Waals surface area contributed by atoms with Gasteiger partial charge in [0, 0.05) is 11.8 Å². The third-order valence-electron chi connectivity index (χ3n) is 13.3. The molecule has 1 saturated carbocycles. The molecule has 2 bridgehead atoms. The minimum Gasteiger partial charge on any atom is -0.272 e. The highest BCUT2D eigenvalue weighted by Gasteiger charge is 2.70. The molecule has 0 aromatic heterocycles. The maximum Gasteiger partial charge on any atom is 0.318 e. The van der Waals surface area contributed by atoms with Gasteiger partial charge in [0.1, 0.15) is 0 Å². The van der Waals surface area contributed by atoms with Crippen molar-refractivity contribution in [2.24, 2.45) is 35.5 Å². The third-order valence-corrected chi connectivity index (χ3v) is 15.7. The fourth-order valence-electron chi connectivity index (χ4n) is 9.88. The Morgan fingerprint density at radius 3 is 0.935 bits per heavy atom. The molecule has 5 aliphatic rings. The molecule has 0 radical (unpaired) electrons. The molecule has 3 fully saturated rings. The summed E-state index contributed by atoms with van der Waals surface area (Å²) in [6, 6.07) is 12.4. The van der Waals surface area contributed by atoms with E-state index < -0.39 is 79.4 Å². The Morgan fingerprint density at radius 2 is 0.661 bits per heavy atom. The number of amides is 4. The minimum absolute atomic E-state index is 0.221. The van der Waals surface area contributed by atoms with Gasteiger partial charge in [-0.25, -0.2) is 0 Å². The van der Waals surface area contributed by atoms with Crippen LogP contribution in [0.4, 0.5) is 0 Å². The number of nitrogens with zero attached hydrogens (tertiary/aromatic N) is 2. The second kappa shape index (κ2) is 22.3. The van der Waals surface area contributed by atoms with Gasteiger partial charge in [0.15, 0.2) is 0 Å². The van der Waals surface area contributed by atoms with Crippen LogP contribution in [0.25, 0.3) is 0 Å². The molecule has 2 heterocycles. The molecule has 14 heteroatoms. The number of allylic oxidation sites excluding steroid dienone is 2. The summed E-state index contributed by atoms with van der Waals surface area (Å²) in [6.07, 6.45) is 29.0. The fourth-order valence-corrected chi connectivity index (χ4v) is 11.7. The maximum absolute atomic E-state index is 13.8. The molecule has 2 aromatic rings. The lowest BCUT2D eigenvalue weighted by Crippen LogP contribution is -2.50. The fraction of sp³-hybridized carbons (Fsp3) is 0.625. The number of hydrogen-bond donors (Lipinski definition) is 0. The van der Waals surface area contributed by atoms with Crippen molar-refractivity contribution in [3.63, 3.8) is 0 Å². The van der Waals surface area contributed by atoms with Crippen LogP contribution in [-0.2, 0) is 60.8 Å². The summed E-state index contributed by atoms with van der Waals surface area (Å²) >= 11 is 0. The first-order chi connectivity index (χ1) is 29.9. The van der Waals surface area contributed by atoms with Crippen LogP contribution in [0.1, 0.15) is 153 Å². The van der Waals surface area contributed by atoms with Crippen molar-refractivity contribution in [3.8, 4) is 0 Å². The van der Waals surface area contributed by atoms with Crippen LogP contribution in [0, 0.1) is 35.5 Å².